The van der Waals surface area contributed by atoms with Crippen LogP contribution in [-0.4, -0.2) is 15.9 Å². The average Bonchev–Trinajstić information content (AvgIpc) is 2.73. The lowest BCUT2D eigenvalue weighted by molar-refractivity contribution is 0.102. The number of halogens is 2. The zero-order chi connectivity index (χ0) is 20.2. The number of benzene rings is 2. The van der Waals surface area contributed by atoms with Gasteiger partial charge in [0.05, 0.1) is 26.8 Å². The second kappa shape index (κ2) is 8.47. The van der Waals surface area contributed by atoms with Gasteiger partial charge in [0.15, 0.2) is 0 Å². The first-order valence-corrected chi connectivity index (χ1v) is 9.54. The van der Waals surface area contributed by atoms with Crippen LogP contribution in [0.25, 0.3) is 10.9 Å². The fourth-order valence-electron chi connectivity index (χ4n) is 2.92. The van der Waals surface area contributed by atoms with Gasteiger partial charge in [-0.1, -0.05) is 41.4 Å². The second-order valence-electron chi connectivity index (χ2n) is 6.21. The van der Waals surface area contributed by atoms with Gasteiger partial charge in [0.1, 0.15) is 12.4 Å². The number of hydrogen-bond donors (Lipinski definition) is 1. The Labute approximate surface area is 177 Å². The van der Waals surface area contributed by atoms with E-state index < -0.39 is 5.91 Å². The Kier molecular flexibility index (Phi) is 5.60. The van der Waals surface area contributed by atoms with Crippen LogP contribution in [0.2, 0.25) is 10.0 Å². The maximum absolute atomic E-state index is 12.7. The lowest BCUT2D eigenvalue weighted by atomic mass is 10.1. The van der Waals surface area contributed by atoms with Crippen molar-refractivity contribution in [1.82, 2.24) is 9.97 Å². The standard InChI is InChI=1S/C22H15Cl2N3O2/c23-16-6-2-7-17(24)20(16)22(28)27-18-8-1-5-15-19(9-11-26-21(15)18)29-13-14-4-3-10-25-12-14/h1-12H,13H2,(H,27,28). The van der Waals surface area contributed by atoms with Crippen molar-refractivity contribution in [3.8, 4) is 5.75 Å². The molecule has 2 heterocycles. The highest BCUT2D eigenvalue weighted by Crippen LogP contribution is 2.31. The van der Waals surface area contributed by atoms with Crippen LogP contribution in [0.5, 0.6) is 5.75 Å². The minimum atomic E-state index is -0.406. The zero-order valence-electron chi connectivity index (χ0n) is 15.1. The maximum atomic E-state index is 12.7. The molecule has 4 aromatic rings. The number of carbonyl (C=O) groups excluding carboxylic acids is 1. The van der Waals surface area contributed by atoms with Crippen molar-refractivity contribution in [2.45, 2.75) is 6.61 Å². The smallest absolute Gasteiger partial charge is 0.258 e. The Hall–Kier alpha value is -3.15. The van der Waals surface area contributed by atoms with Gasteiger partial charge < -0.3 is 10.1 Å². The molecule has 0 saturated heterocycles. The summed E-state index contributed by atoms with van der Waals surface area (Å²) in [6.07, 6.45) is 5.10. The summed E-state index contributed by atoms with van der Waals surface area (Å²) in [7, 11) is 0. The summed E-state index contributed by atoms with van der Waals surface area (Å²) in [5.74, 6) is 0.252. The number of ether oxygens (including phenoxy) is 1. The van der Waals surface area contributed by atoms with Crippen LogP contribution in [-0.2, 0) is 6.61 Å². The molecule has 1 N–H and O–H groups in total. The van der Waals surface area contributed by atoms with Crippen molar-refractivity contribution in [3.05, 3.63) is 94.4 Å². The number of anilines is 1. The van der Waals surface area contributed by atoms with E-state index in [1.165, 1.54) is 0 Å². The normalized spacial score (nSPS) is 10.7. The number of fused-ring (bicyclic) bond motifs is 1. The lowest BCUT2D eigenvalue weighted by Crippen LogP contribution is -2.13. The van der Waals surface area contributed by atoms with Crippen molar-refractivity contribution in [2.24, 2.45) is 0 Å². The van der Waals surface area contributed by atoms with Gasteiger partial charge in [-0.2, -0.15) is 0 Å². The van der Waals surface area contributed by atoms with Gasteiger partial charge in [0.2, 0.25) is 0 Å². The van der Waals surface area contributed by atoms with E-state index in [4.69, 9.17) is 27.9 Å². The van der Waals surface area contributed by atoms with E-state index in [1.54, 1.807) is 48.9 Å². The van der Waals surface area contributed by atoms with Crippen molar-refractivity contribution in [1.29, 1.82) is 0 Å². The molecule has 29 heavy (non-hydrogen) atoms. The second-order valence-corrected chi connectivity index (χ2v) is 7.03. The molecule has 0 fully saturated rings. The molecule has 144 valence electrons. The van der Waals surface area contributed by atoms with Crippen LogP contribution in [0, 0.1) is 0 Å². The Bertz CT molecular complexity index is 1160. The fraction of sp³-hybridized carbons (Fsp3) is 0.0455. The molecule has 0 unspecified atom stereocenters. The highest BCUT2D eigenvalue weighted by atomic mass is 35.5. The summed E-state index contributed by atoms with van der Waals surface area (Å²) >= 11 is 12.3. The summed E-state index contributed by atoms with van der Waals surface area (Å²) in [5, 5.41) is 4.19. The number of rotatable bonds is 5. The van der Waals surface area contributed by atoms with E-state index >= 15 is 0 Å². The van der Waals surface area contributed by atoms with Crippen molar-refractivity contribution in [2.75, 3.05) is 5.32 Å². The first kappa shape index (κ1) is 19.2. The molecule has 4 rings (SSSR count). The average molecular weight is 424 g/mol. The zero-order valence-corrected chi connectivity index (χ0v) is 16.6. The summed E-state index contributed by atoms with van der Waals surface area (Å²) in [6.45, 7) is 0.374. The van der Waals surface area contributed by atoms with E-state index in [9.17, 15) is 4.79 Å². The Balaban J connectivity index is 1.63. The number of hydrogen-bond acceptors (Lipinski definition) is 4. The quantitative estimate of drug-likeness (QED) is 0.442. The van der Waals surface area contributed by atoms with E-state index in [0.29, 0.717) is 23.6 Å². The minimum Gasteiger partial charge on any atom is -0.488 e. The van der Waals surface area contributed by atoms with Crippen LogP contribution in [0.1, 0.15) is 15.9 Å². The molecular formula is C22H15Cl2N3O2. The lowest BCUT2D eigenvalue weighted by Gasteiger charge is -2.13. The van der Waals surface area contributed by atoms with E-state index in [0.717, 1.165) is 10.9 Å². The van der Waals surface area contributed by atoms with E-state index in [1.807, 2.05) is 24.3 Å². The summed E-state index contributed by atoms with van der Waals surface area (Å²) in [5.41, 5.74) is 2.31. The molecule has 0 spiro atoms. The monoisotopic (exact) mass is 423 g/mol. The predicted octanol–water partition coefficient (Wildman–Crippen LogP) is 5.77. The minimum absolute atomic E-state index is 0.219. The highest BCUT2D eigenvalue weighted by Gasteiger charge is 2.16. The molecule has 2 aromatic carbocycles. The third kappa shape index (κ3) is 4.16. The van der Waals surface area contributed by atoms with Gasteiger partial charge in [0, 0.05) is 29.5 Å². The third-order valence-corrected chi connectivity index (χ3v) is 4.92. The molecule has 0 radical (unpaired) electrons. The Morgan fingerprint density at radius 1 is 0.966 bits per heavy atom. The van der Waals surface area contributed by atoms with Crippen molar-refractivity contribution in [3.63, 3.8) is 0 Å². The first-order chi connectivity index (χ1) is 14.1. The number of amides is 1. The van der Waals surface area contributed by atoms with Gasteiger partial charge in [0.25, 0.3) is 5.91 Å². The number of carbonyl (C=O) groups is 1. The molecule has 1 amide bonds. The predicted molar refractivity (Wildman–Crippen MR) is 115 cm³/mol. The number of pyridine rings is 2. The number of aromatic nitrogens is 2. The van der Waals surface area contributed by atoms with Crippen molar-refractivity contribution < 1.29 is 9.53 Å². The van der Waals surface area contributed by atoms with Gasteiger partial charge in [-0.25, -0.2) is 0 Å². The van der Waals surface area contributed by atoms with Gasteiger partial charge >= 0.3 is 0 Å². The third-order valence-electron chi connectivity index (χ3n) is 4.29. The largest absolute Gasteiger partial charge is 0.488 e. The maximum Gasteiger partial charge on any atom is 0.258 e. The molecule has 0 aliphatic carbocycles. The number of nitrogens with zero attached hydrogens (tertiary/aromatic N) is 2. The number of nitrogens with one attached hydrogen (secondary N) is 1. The van der Waals surface area contributed by atoms with Crippen molar-refractivity contribution >= 4 is 45.7 Å². The van der Waals surface area contributed by atoms with Crippen LogP contribution in [0.4, 0.5) is 5.69 Å². The Morgan fingerprint density at radius 2 is 1.76 bits per heavy atom. The van der Waals surface area contributed by atoms with Crippen LogP contribution >= 0.6 is 23.2 Å². The van der Waals surface area contributed by atoms with E-state index in [-0.39, 0.29) is 15.6 Å². The molecular weight excluding hydrogens is 409 g/mol. The Morgan fingerprint density at radius 3 is 2.52 bits per heavy atom. The molecule has 0 aliphatic heterocycles. The van der Waals surface area contributed by atoms with E-state index in [2.05, 4.69) is 15.3 Å². The summed E-state index contributed by atoms with van der Waals surface area (Å²) in [6, 6.07) is 16.0. The fourth-order valence-corrected chi connectivity index (χ4v) is 3.49. The molecule has 5 nitrogen and oxygen atoms in total. The highest BCUT2D eigenvalue weighted by molar-refractivity contribution is 6.40. The summed E-state index contributed by atoms with van der Waals surface area (Å²) in [4.78, 5) is 21.3. The molecule has 0 aliphatic rings. The molecule has 0 saturated carbocycles. The topological polar surface area (TPSA) is 64.1 Å². The van der Waals surface area contributed by atoms with Crippen LogP contribution in [0.15, 0.2) is 73.2 Å². The van der Waals surface area contributed by atoms with Crippen LogP contribution in [0.3, 0.4) is 0 Å². The van der Waals surface area contributed by atoms with Gasteiger partial charge in [-0.3, -0.25) is 14.8 Å². The molecule has 7 heteroatoms. The number of para-hydroxylation sites is 1. The first-order valence-electron chi connectivity index (χ1n) is 8.78. The molecule has 0 bridgehead atoms. The summed E-state index contributed by atoms with van der Waals surface area (Å²) < 4.78 is 5.95. The molecule has 0 atom stereocenters. The van der Waals surface area contributed by atoms with Gasteiger partial charge in [-0.15, -0.1) is 0 Å². The SMILES string of the molecule is O=C(Nc1cccc2c(OCc3cccnc3)ccnc12)c1c(Cl)cccc1Cl. The van der Waals surface area contributed by atoms with Gasteiger partial charge in [-0.05, 0) is 36.4 Å². The van der Waals surface area contributed by atoms with Crippen LogP contribution < -0.4 is 10.1 Å². The molecule has 2 aromatic heterocycles.